The van der Waals surface area contributed by atoms with Crippen LogP contribution in [0.25, 0.3) is 0 Å². The number of benzene rings is 1. The van der Waals surface area contributed by atoms with Crippen molar-refractivity contribution in [1.82, 2.24) is 5.43 Å². The lowest BCUT2D eigenvalue weighted by atomic mass is 9.94. The number of hydrogen-bond acceptors (Lipinski definition) is 4. The summed E-state index contributed by atoms with van der Waals surface area (Å²) in [5, 5.41) is 0. The molecule has 0 spiro atoms. The van der Waals surface area contributed by atoms with Crippen molar-refractivity contribution in [2.45, 2.75) is 25.0 Å². The third kappa shape index (κ3) is 3.22. The summed E-state index contributed by atoms with van der Waals surface area (Å²) in [6, 6.07) is 8.86. The van der Waals surface area contributed by atoms with Gasteiger partial charge in [0.2, 0.25) is 0 Å². The molecule has 1 aliphatic rings. The van der Waals surface area contributed by atoms with Crippen molar-refractivity contribution in [2.75, 3.05) is 18.6 Å². The number of rotatable bonds is 5. The van der Waals surface area contributed by atoms with E-state index in [-0.39, 0.29) is 6.10 Å². The van der Waals surface area contributed by atoms with Gasteiger partial charge in [-0.3, -0.25) is 11.3 Å². The first-order chi connectivity index (χ1) is 8.35. The van der Waals surface area contributed by atoms with Gasteiger partial charge < -0.3 is 4.74 Å². The standard InChI is InChI=1S/C13H20N2OS/c1-17-9-11(15-14)8-13-12-5-3-2-4-10(12)6-7-16-13/h2-5,11,13,15H,6-9,14H2,1H3. The van der Waals surface area contributed by atoms with Gasteiger partial charge in [-0.25, -0.2) is 0 Å². The van der Waals surface area contributed by atoms with Gasteiger partial charge in [0, 0.05) is 11.8 Å². The summed E-state index contributed by atoms with van der Waals surface area (Å²) in [7, 11) is 0. The van der Waals surface area contributed by atoms with Crippen molar-refractivity contribution in [3.63, 3.8) is 0 Å². The van der Waals surface area contributed by atoms with Crippen molar-refractivity contribution in [3.8, 4) is 0 Å². The predicted octanol–water partition coefficient (Wildman–Crippen LogP) is 1.89. The Morgan fingerprint density at radius 3 is 3.12 bits per heavy atom. The molecule has 0 bridgehead atoms. The molecule has 17 heavy (non-hydrogen) atoms. The maximum Gasteiger partial charge on any atom is 0.0843 e. The molecule has 0 aromatic heterocycles. The highest BCUT2D eigenvalue weighted by Crippen LogP contribution is 2.30. The number of fused-ring (bicyclic) bond motifs is 1. The van der Waals surface area contributed by atoms with Crippen LogP contribution in [0.1, 0.15) is 23.7 Å². The average Bonchev–Trinajstić information content (AvgIpc) is 2.38. The molecule has 3 nitrogen and oxygen atoms in total. The van der Waals surface area contributed by atoms with Crippen LogP contribution in [0.4, 0.5) is 0 Å². The van der Waals surface area contributed by atoms with Gasteiger partial charge in [-0.2, -0.15) is 11.8 Å². The second kappa shape index (κ2) is 6.40. The lowest BCUT2D eigenvalue weighted by Crippen LogP contribution is -2.39. The largest absolute Gasteiger partial charge is 0.373 e. The number of thioether (sulfide) groups is 1. The lowest BCUT2D eigenvalue weighted by Gasteiger charge is -2.28. The molecule has 0 amide bonds. The minimum atomic E-state index is 0.188. The van der Waals surface area contributed by atoms with Crippen molar-refractivity contribution in [3.05, 3.63) is 35.4 Å². The first-order valence-corrected chi connectivity index (χ1v) is 7.39. The number of ether oxygens (including phenoxy) is 1. The normalized spacial score (nSPS) is 20.9. The molecule has 3 N–H and O–H groups in total. The van der Waals surface area contributed by atoms with Crippen molar-refractivity contribution in [1.29, 1.82) is 0 Å². The summed E-state index contributed by atoms with van der Waals surface area (Å²) in [6.07, 6.45) is 4.25. The summed E-state index contributed by atoms with van der Waals surface area (Å²) >= 11 is 1.81. The second-order valence-electron chi connectivity index (χ2n) is 4.36. The molecule has 0 aliphatic carbocycles. The maximum absolute atomic E-state index is 5.88. The molecule has 1 aliphatic heterocycles. The summed E-state index contributed by atoms with van der Waals surface area (Å²) < 4.78 is 5.88. The van der Waals surface area contributed by atoms with Crippen LogP contribution in [0.15, 0.2) is 24.3 Å². The first kappa shape index (κ1) is 12.9. The highest BCUT2D eigenvalue weighted by molar-refractivity contribution is 7.98. The van der Waals surface area contributed by atoms with E-state index in [2.05, 4.69) is 35.9 Å². The van der Waals surface area contributed by atoms with Gasteiger partial charge in [-0.1, -0.05) is 24.3 Å². The number of hydrogen-bond donors (Lipinski definition) is 2. The molecule has 2 rings (SSSR count). The number of hydrazine groups is 1. The van der Waals surface area contributed by atoms with Crippen LogP contribution in [0, 0.1) is 0 Å². The Kier molecular flexibility index (Phi) is 4.86. The monoisotopic (exact) mass is 252 g/mol. The van der Waals surface area contributed by atoms with Gasteiger partial charge in [-0.05, 0) is 30.2 Å². The van der Waals surface area contributed by atoms with E-state index in [1.165, 1.54) is 11.1 Å². The van der Waals surface area contributed by atoms with E-state index < -0.39 is 0 Å². The van der Waals surface area contributed by atoms with Crippen LogP contribution >= 0.6 is 11.8 Å². The Labute approximate surface area is 107 Å². The molecule has 2 unspecified atom stereocenters. The summed E-state index contributed by atoms with van der Waals surface area (Å²) in [5.41, 5.74) is 5.63. The minimum Gasteiger partial charge on any atom is -0.373 e. The van der Waals surface area contributed by atoms with Crippen LogP contribution in [-0.4, -0.2) is 24.7 Å². The van der Waals surface area contributed by atoms with E-state index in [1.807, 2.05) is 0 Å². The predicted molar refractivity (Wildman–Crippen MR) is 72.9 cm³/mol. The molecule has 0 fully saturated rings. The highest BCUT2D eigenvalue weighted by atomic mass is 32.2. The summed E-state index contributed by atoms with van der Waals surface area (Å²) in [4.78, 5) is 0. The Morgan fingerprint density at radius 1 is 1.53 bits per heavy atom. The smallest absolute Gasteiger partial charge is 0.0843 e. The van der Waals surface area contributed by atoms with Crippen molar-refractivity contribution >= 4 is 11.8 Å². The number of nitrogens with one attached hydrogen (secondary N) is 1. The summed E-state index contributed by atoms with van der Waals surface area (Å²) in [6.45, 7) is 0.818. The van der Waals surface area contributed by atoms with Gasteiger partial charge in [0.15, 0.2) is 0 Å². The second-order valence-corrected chi connectivity index (χ2v) is 5.27. The van der Waals surface area contributed by atoms with Gasteiger partial charge >= 0.3 is 0 Å². The van der Waals surface area contributed by atoms with E-state index >= 15 is 0 Å². The summed E-state index contributed by atoms with van der Waals surface area (Å²) in [5.74, 6) is 6.59. The maximum atomic E-state index is 5.88. The molecule has 1 heterocycles. The Balaban J connectivity index is 2.07. The molecule has 1 aromatic rings. The van der Waals surface area contributed by atoms with E-state index in [9.17, 15) is 0 Å². The zero-order chi connectivity index (χ0) is 12.1. The van der Waals surface area contributed by atoms with Crippen LogP contribution < -0.4 is 11.3 Å². The lowest BCUT2D eigenvalue weighted by molar-refractivity contribution is 0.0311. The van der Waals surface area contributed by atoms with Crippen LogP contribution in [0.5, 0.6) is 0 Å². The zero-order valence-electron chi connectivity index (χ0n) is 10.2. The highest BCUT2D eigenvalue weighted by Gasteiger charge is 2.23. The molecule has 94 valence electrons. The van der Waals surface area contributed by atoms with Crippen molar-refractivity contribution in [2.24, 2.45) is 5.84 Å². The van der Waals surface area contributed by atoms with Crippen LogP contribution in [0.3, 0.4) is 0 Å². The van der Waals surface area contributed by atoms with Gasteiger partial charge in [-0.15, -0.1) is 0 Å². The van der Waals surface area contributed by atoms with Gasteiger partial charge in [0.25, 0.3) is 0 Å². The Morgan fingerprint density at radius 2 is 2.35 bits per heavy atom. The van der Waals surface area contributed by atoms with E-state index in [1.54, 1.807) is 11.8 Å². The molecule has 0 saturated heterocycles. The first-order valence-electron chi connectivity index (χ1n) is 5.99. The van der Waals surface area contributed by atoms with Gasteiger partial charge in [0.1, 0.15) is 0 Å². The number of nitrogens with two attached hydrogens (primary N) is 1. The SMILES string of the molecule is CSCC(CC1OCCc2ccccc21)NN. The Hall–Kier alpha value is -0.550. The van der Waals surface area contributed by atoms with Crippen molar-refractivity contribution < 1.29 is 4.74 Å². The fraction of sp³-hybridized carbons (Fsp3) is 0.538. The average molecular weight is 252 g/mol. The fourth-order valence-corrected chi connectivity index (χ4v) is 2.95. The Bertz CT molecular complexity index is 359. The zero-order valence-corrected chi connectivity index (χ0v) is 11.0. The van der Waals surface area contributed by atoms with Gasteiger partial charge in [0.05, 0.1) is 12.7 Å². The minimum absolute atomic E-state index is 0.188. The van der Waals surface area contributed by atoms with Crippen LogP contribution in [0.2, 0.25) is 0 Å². The van der Waals surface area contributed by atoms with E-state index in [0.717, 1.165) is 25.2 Å². The van der Waals surface area contributed by atoms with E-state index in [0.29, 0.717) is 6.04 Å². The molecule has 2 atom stereocenters. The quantitative estimate of drug-likeness (QED) is 0.620. The third-order valence-electron chi connectivity index (χ3n) is 3.19. The molecule has 0 saturated carbocycles. The third-order valence-corrected chi connectivity index (χ3v) is 3.93. The molecular formula is C13H20N2OS. The fourth-order valence-electron chi connectivity index (χ4n) is 2.32. The van der Waals surface area contributed by atoms with E-state index in [4.69, 9.17) is 10.6 Å². The molecule has 1 aromatic carbocycles. The topological polar surface area (TPSA) is 47.3 Å². The molecule has 4 heteroatoms. The molecular weight excluding hydrogens is 232 g/mol. The van der Waals surface area contributed by atoms with Crippen LogP contribution in [-0.2, 0) is 11.2 Å². The molecule has 0 radical (unpaired) electrons.